The van der Waals surface area contributed by atoms with Crippen LogP contribution in [-0.2, 0) is 19.6 Å². The first-order chi connectivity index (χ1) is 12.6. The minimum atomic E-state index is -3.64. The number of ether oxygens (including phenoxy) is 1. The van der Waals surface area contributed by atoms with Crippen molar-refractivity contribution in [3.8, 4) is 0 Å². The molecule has 144 valence electrons. The van der Waals surface area contributed by atoms with Crippen molar-refractivity contribution < 1.29 is 22.7 Å². The highest BCUT2D eigenvalue weighted by atomic mass is 35.5. The summed E-state index contributed by atoms with van der Waals surface area (Å²) in [7, 11) is -0.817. The number of hydrogen-bond donors (Lipinski definition) is 1. The van der Waals surface area contributed by atoms with E-state index in [4.69, 9.17) is 16.3 Å². The lowest BCUT2D eigenvalue weighted by Gasteiger charge is -2.14. The minimum absolute atomic E-state index is 0.0275. The zero-order chi connectivity index (χ0) is 20.2. The van der Waals surface area contributed by atoms with E-state index in [1.165, 1.54) is 44.6 Å². The van der Waals surface area contributed by atoms with Gasteiger partial charge in [0.2, 0.25) is 10.0 Å². The van der Waals surface area contributed by atoms with Crippen LogP contribution in [0.5, 0.6) is 0 Å². The maximum atomic E-state index is 12.2. The highest BCUT2D eigenvalue weighted by Gasteiger charge is 2.19. The number of anilines is 1. The Morgan fingerprint density at radius 1 is 1.26 bits per heavy atom. The number of aromatic nitrogens is 1. The fraction of sp³-hybridized carbons (Fsp3) is 0.235. The minimum Gasteiger partial charge on any atom is -0.452 e. The van der Waals surface area contributed by atoms with Gasteiger partial charge in [0.1, 0.15) is 5.15 Å². The number of aryl methyl sites for hydroxylation is 1. The Labute approximate surface area is 162 Å². The van der Waals surface area contributed by atoms with Crippen LogP contribution in [0.1, 0.15) is 15.9 Å². The quantitative estimate of drug-likeness (QED) is 0.576. The van der Waals surface area contributed by atoms with Crippen molar-refractivity contribution >= 4 is 39.2 Å². The molecule has 0 spiro atoms. The van der Waals surface area contributed by atoms with E-state index in [0.717, 1.165) is 4.31 Å². The molecule has 0 aliphatic rings. The highest BCUT2D eigenvalue weighted by Crippen LogP contribution is 2.22. The van der Waals surface area contributed by atoms with Crippen LogP contribution in [-0.4, -0.2) is 50.3 Å². The van der Waals surface area contributed by atoms with Crippen molar-refractivity contribution in [3.05, 3.63) is 52.8 Å². The van der Waals surface area contributed by atoms with Crippen LogP contribution in [0.2, 0.25) is 5.15 Å². The summed E-state index contributed by atoms with van der Waals surface area (Å²) in [5, 5.41) is 2.51. The van der Waals surface area contributed by atoms with Gasteiger partial charge in [-0.2, -0.15) is 0 Å². The molecule has 1 N–H and O–H groups in total. The Kier molecular flexibility index (Phi) is 6.53. The predicted molar refractivity (Wildman–Crippen MR) is 100 cm³/mol. The first-order valence-electron chi connectivity index (χ1n) is 7.73. The summed E-state index contributed by atoms with van der Waals surface area (Å²) in [6.07, 6.45) is 1.42. The average Bonchev–Trinajstić information content (AvgIpc) is 2.61. The maximum absolute atomic E-state index is 12.2. The number of halogens is 1. The average molecular weight is 412 g/mol. The molecule has 27 heavy (non-hydrogen) atoms. The number of pyridine rings is 1. The molecule has 0 aliphatic heterocycles. The van der Waals surface area contributed by atoms with E-state index in [-0.39, 0.29) is 15.6 Å². The monoisotopic (exact) mass is 411 g/mol. The second-order valence-electron chi connectivity index (χ2n) is 5.73. The van der Waals surface area contributed by atoms with Crippen LogP contribution in [0.3, 0.4) is 0 Å². The topological polar surface area (TPSA) is 106 Å². The van der Waals surface area contributed by atoms with Crippen molar-refractivity contribution in [2.45, 2.75) is 11.8 Å². The van der Waals surface area contributed by atoms with Crippen LogP contribution >= 0.6 is 11.6 Å². The number of benzene rings is 1. The molecule has 1 aromatic carbocycles. The molecule has 1 amide bonds. The molecule has 1 aromatic heterocycles. The van der Waals surface area contributed by atoms with Gasteiger partial charge in [0.15, 0.2) is 6.61 Å². The lowest BCUT2D eigenvalue weighted by atomic mass is 10.2. The zero-order valence-electron chi connectivity index (χ0n) is 14.9. The smallest absolute Gasteiger partial charge is 0.341 e. The molecule has 0 saturated carbocycles. The summed E-state index contributed by atoms with van der Waals surface area (Å²) in [4.78, 5) is 27.8. The summed E-state index contributed by atoms with van der Waals surface area (Å²) in [6, 6.07) is 7.32. The van der Waals surface area contributed by atoms with Crippen molar-refractivity contribution in [1.29, 1.82) is 0 Å². The Morgan fingerprint density at radius 2 is 1.96 bits per heavy atom. The third-order valence-corrected chi connectivity index (χ3v) is 5.69. The number of esters is 1. The van der Waals surface area contributed by atoms with Crippen molar-refractivity contribution in [1.82, 2.24) is 9.29 Å². The number of hydrogen-bond acceptors (Lipinski definition) is 6. The molecule has 0 bridgehead atoms. The van der Waals surface area contributed by atoms with Gasteiger partial charge < -0.3 is 10.1 Å². The lowest BCUT2D eigenvalue weighted by Crippen LogP contribution is -2.24. The van der Waals surface area contributed by atoms with Gasteiger partial charge >= 0.3 is 5.97 Å². The molecule has 2 rings (SSSR count). The molecular weight excluding hydrogens is 394 g/mol. The first-order valence-corrected chi connectivity index (χ1v) is 9.55. The SMILES string of the molecule is Cc1ccc(S(=O)(=O)N(C)C)cc1NC(=O)COC(=O)c1cccnc1Cl. The van der Waals surface area contributed by atoms with Gasteiger partial charge in [0.25, 0.3) is 5.91 Å². The number of carbonyl (C=O) groups excluding carboxylic acids is 2. The third kappa shape index (κ3) is 5.03. The van der Waals surface area contributed by atoms with Crippen molar-refractivity contribution in [3.63, 3.8) is 0 Å². The fourth-order valence-electron chi connectivity index (χ4n) is 2.04. The molecule has 10 heteroatoms. The standard InChI is InChI=1S/C17H18ClN3O5S/c1-11-6-7-12(27(24,25)21(2)3)9-14(11)20-15(22)10-26-17(23)13-5-4-8-19-16(13)18/h4-9H,10H2,1-3H3,(H,20,22). The van der Waals surface area contributed by atoms with Gasteiger partial charge in [0, 0.05) is 26.0 Å². The van der Waals surface area contributed by atoms with E-state index in [9.17, 15) is 18.0 Å². The summed E-state index contributed by atoms with van der Waals surface area (Å²) in [5.74, 6) is -1.41. The molecule has 0 aliphatic carbocycles. The molecule has 2 aromatic rings. The summed E-state index contributed by atoms with van der Waals surface area (Å²) in [5.41, 5.74) is 1.00. The second kappa shape index (κ2) is 8.47. The molecule has 0 unspecified atom stereocenters. The van der Waals surface area contributed by atoms with Crippen LogP contribution < -0.4 is 5.32 Å². The van der Waals surface area contributed by atoms with Gasteiger partial charge in [-0.3, -0.25) is 4.79 Å². The Morgan fingerprint density at radius 3 is 2.59 bits per heavy atom. The molecule has 0 fully saturated rings. The van der Waals surface area contributed by atoms with Gasteiger partial charge in [-0.1, -0.05) is 17.7 Å². The van der Waals surface area contributed by atoms with Crippen LogP contribution in [0.15, 0.2) is 41.4 Å². The first kappa shape index (κ1) is 20.8. The highest BCUT2D eigenvalue weighted by molar-refractivity contribution is 7.89. The Hall–Kier alpha value is -2.49. The van der Waals surface area contributed by atoms with Gasteiger partial charge in [-0.15, -0.1) is 0 Å². The van der Waals surface area contributed by atoms with Gasteiger partial charge in [-0.05, 0) is 36.8 Å². The van der Waals surface area contributed by atoms with Gasteiger partial charge in [-0.25, -0.2) is 22.5 Å². The van der Waals surface area contributed by atoms with Crippen LogP contribution in [0, 0.1) is 6.92 Å². The van der Waals surface area contributed by atoms with E-state index in [2.05, 4.69) is 10.3 Å². The number of nitrogens with one attached hydrogen (secondary N) is 1. The van der Waals surface area contributed by atoms with E-state index in [1.807, 2.05) is 0 Å². The van der Waals surface area contributed by atoms with Crippen molar-refractivity contribution in [2.75, 3.05) is 26.0 Å². The summed E-state index contributed by atoms with van der Waals surface area (Å²) < 4.78 is 30.4. The van der Waals surface area contributed by atoms with E-state index < -0.39 is 28.5 Å². The van der Waals surface area contributed by atoms with Crippen LogP contribution in [0.25, 0.3) is 0 Å². The number of carbonyl (C=O) groups is 2. The molecule has 8 nitrogen and oxygen atoms in total. The molecule has 0 atom stereocenters. The largest absolute Gasteiger partial charge is 0.452 e. The van der Waals surface area contributed by atoms with E-state index in [0.29, 0.717) is 11.3 Å². The zero-order valence-corrected chi connectivity index (χ0v) is 16.5. The number of amides is 1. The Bertz CT molecular complexity index is 976. The second-order valence-corrected chi connectivity index (χ2v) is 8.24. The third-order valence-electron chi connectivity index (χ3n) is 3.58. The summed E-state index contributed by atoms with van der Waals surface area (Å²) in [6.45, 7) is 1.15. The van der Waals surface area contributed by atoms with Crippen molar-refractivity contribution in [2.24, 2.45) is 0 Å². The molecule has 0 radical (unpaired) electrons. The Balaban J connectivity index is 2.08. The molecular formula is C17H18ClN3O5S. The molecule has 0 saturated heterocycles. The normalized spacial score (nSPS) is 11.3. The number of rotatable bonds is 6. The molecule has 1 heterocycles. The van der Waals surface area contributed by atoms with Gasteiger partial charge in [0.05, 0.1) is 10.5 Å². The fourth-order valence-corrected chi connectivity index (χ4v) is 3.17. The number of nitrogens with zero attached hydrogens (tertiary/aromatic N) is 2. The van der Waals surface area contributed by atoms with E-state index in [1.54, 1.807) is 13.0 Å². The summed E-state index contributed by atoms with van der Waals surface area (Å²) >= 11 is 5.80. The number of sulfonamides is 1. The maximum Gasteiger partial charge on any atom is 0.341 e. The lowest BCUT2D eigenvalue weighted by molar-refractivity contribution is -0.119. The van der Waals surface area contributed by atoms with E-state index >= 15 is 0 Å². The van der Waals surface area contributed by atoms with Crippen LogP contribution in [0.4, 0.5) is 5.69 Å². The predicted octanol–water partition coefficient (Wildman–Crippen LogP) is 2.09.